The maximum absolute atomic E-state index is 12.8. The summed E-state index contributed by atoms with van der Waals surface area (Å²) in [5.41, 5.74) is 4.47. The summed E-state index contributed by atoms with van der Waals surface area (Å²) in [7, 11) is 0. The molecule has 1 amide bonds. The molecule has 0 bridgehead atoms. The summed E-state index contributed by atoms with van der Waals surface area (Å²) in [5, 5.41) is 3.78. The predicted octanol–water partition coefficient (Wildman–Crippen LogP) is 4.46. The van der Waals surface area contributed by atoms with Crippen LogP contribution in [-0.2, 0) is 0 Å². The number of hydrogen-bond donors (Lipinski definition) is 1. The highest BCUT2D eigenvalue weighted by Crippen LogP contribution is 2.23. The molecule has 0 saturated carbocycles. The summed E-state index contributed by atoms with van der Waals surface area (Å²) in [4.78, 5) is 17.2. The van der Waals surface area contributed by atoms with Crippen LogP contribution < -0.4 is 5.32 Å². The molecule has 0 spiro atoms. The molecule has 0 atom stereocenters. The molecule has 0 radical (unpaired) electrons. The minimum atomic E-state index is -0.168. The summed E-state index contributed by atoms with van der Waals surface area (Å²) >= 11 is 1.51. The summed E-state index contributed by atoms with van der Waals surface area (Å²) in [6.45, 7) is 4.03. The third kappa shape index (κ3) is 3.21. The molecular formula is C19H19N3OS. The van der Waals surface area contributed by atoms with Crippen LogP contribution >= 0.6 is 11.8 Å². The fourth-order valence-electron chi connectivity index (χ4n) is 2.61. The summed E-state index contributed by atoms with van der Waals surface area (Å²) in [6.07, 6.45) is 3.57. The lowest BCUT2D eigenvalue weighted by molar-refractivity contribution is 0.102. The quantitative estimate of drug-likeness (QED) is 0.715. The van der Waals surface area contributed by atoms with Gasteiger partial charge in [-0.2, -0.15) is 0 Å². The third-order valence-corrected chi connectivity index (χ3v) is 4.44. The standard InChI is InChI=1S/C19H19N3OS/c1-13-9-10-16(14(2)11-13)21-18(23)17-12-20-19(24-3)22(17)15-7-5-4-6-8-15/h4-12H,1-3H3,(H,21,23). The molecule has 122 valence electrons. The van der Waals surface area contributed by atoms with Gasteiger partial charge in [0.2, 0.25) is 0 Å². The fourth-order valence-corrected chi connectivity index (χ4v) is 3.15. The zero-order valence-electron chi connectivity index (χ0n) is 13.9. The third-order valence-electron chi connectivity index (χ3n) is 3.79. The minimum absolute atomic E-state index is 0.168. The number of thioether (sulfide) groups is 1. The molecule has 5 heteroatoms. The Morgan fingerprint density at radius 1 is 1.12 bits per heavy atom. The Morgan fingerprint density at radius 2 is 1.88 bits per heavy atom. The Morgan fingerprint density at radius 3 is 2.54 bits per heavy atom. The van der Waals surface area contributed by atoms with Gasteiger partial charge in [-0.1, -0.05) is 47.7 Å². The van der Waals surface area contributed by atoms with E-state index in [0.717, 1.165) is 22.1 Å². The van der Waals surface area contributed by atoms with Crippen molar-refractivity contribution >= 4 is 23.4 Å². The highest BCUT2D eigenvalue weighted by Gasteiger charge is 2.18. The zero-order valence-corrected chi connectivity index (χ0v) is 14.7. The van der Waals surface area contributed by atoms with Crippen LogP contribution in [0.3, 0.4) is 0 Å². The molecule has 2 aromatic carbocycles. The fraction of sp³-hybridized carbons (Fsp3) is 0.158. The van der Waals surface area contributed by atoms with Gasteiger partial charge in [-0.25, -0.2) is 4.98 Å². The van der Waals surface area contributed by atoms with Crippen LogP contribution in [0.2, 0.25) is 0 Å². The Hall–Kier alpha value is -2.53. The largest absolute Gasteiger partial charge is 0.320 e. The van der Waals surface area contributed by atoms with Gasteiger partial charge in [-0.3, -0.25) is 9.36 Å². The number of para-hydroxylation sites is 1. The van der Waals surface area contributed by atoms with Gasteiger partial charge in [-0.05, 0) is 43.9 Å². The maximum Gasteiger partial charge on any atom is 0.274 e. The van der Waals surface area contributed by atoms with Crippen LogP contribution in [0.1, 0.15) is 21.6 Å². The Kier molecular flexibility index (Phi) is 4.71. The molecule has 0 fully saturated rings. The van der Waals surface area contributed by atoms with E-state index in [-0.39, 0.29) is 5.91 Å². The first-order valence-electron chi connectivity index (χ1n) is 7.66. The molecule has 0 unspecified atom stereocenters. The number of anilines is 1. The SMILES string of the molecule is CSc1ncc(C(=O)Nc2ccc(C)cc2C)n1-c1ccccc1. The molecule has 1 N–H and O–H groups in total. The molecule has 24 heavy (non-hydrogen) atoms. The first kappa shape index (κ1) is 16.3. The van der Waals surface area contributed by atoms with Crippen molar-refractivity contribution in [3.05, 3.63) is 71.5 Å². The number of amides is 1. The lowest BCUT2D eigenvalue weighted by atomic mass is 10.1. The van der Waals surface area contributed by atoms with E-state index in [9.17, 15) is 4.79 Å². The number of nitrogens with one attached hydrogen (secondary N) is 1. The van der Waals surface area contributed by atoms with Crippen molar-refractivity contribution in [2.45, 2.75) is 19.0 Å². The second kappa shape index (κ2) is 6.93. The van der Waals surface area contributed by atoms with E-state index in [1.54, 1.807) is 6.20 Å². The van der Waals surface area contributed by atoms with Crippen LogP contribution in [0.15, 0.2) is 59.9 Å². The van der Waals surface area contributed by atoms with Crippen molar-refractivity contribution < 1.29 is 4.79 Å². The molecule has 1 heterocycles. The number of imidazole rings is 1. The van der Waals surface area contributed by atoms with Crippen LogP contribution in [0.5, 0.6) is 0 Å². The number of aromatic nitrogens is 2. The average Bonchev–Trinajstić information content (AvgIpc) is 3.02. The number of carbonyl (C=O) groups is 1. The van der Waals surface area contributed by atoms with Crippen molar-refractivity contribution in [2.24, 2.45) is 0 Å². The van der Waals surface area contributed by atoms with Crippen LogP contribution in [0.25, 0.3) is 5.69 Å². The van der Waals surface area contributed by atoms with E-state index in [2.05, 4.69) is 16.4 Å². The minimum Gasteiger partial charge on any atom is -0.320 e. The molecule has 3 rings (SSSR count). The zero-order chi connectivity index (χ0) is 17.1. The van der Waals surface area contributed by atoms with E-state index in [1.165, 1.54) is 17.3 Å². The molecule has 0 aliphatic carbocycles. The van der Waals surface area contributed by atoms with E-state index in [1.807, 2.05) is 67.1 Å². The smallest absolute Gasteiger partial charge is 0.274 e. The van der Waals surface area contributed by atoms with Crippen LogP contribution in [0.4, 0.5) is 5.69 Å². The molecule has 3 aromatic rings. The van der Waals surface area contributed by atoms with Crippen molar-refractivity contribution in [3.8, 4) is 5.69 Å². The highest BCUT2D eigenvalue weighted by atomic mass is 32.2. The Balaban J connectivity index is 1.97. The number of nitrogens with zero attached hydrogens (tertiary/aromatic N) is 2. The molecule has 0 aliphatic heterocycles. The van der Waals surface area contributed by atoms with Gasteiger partial charge in [0.15, 0.2) is 5.16 Å². The summed E-state index contributed by atoms with van der Waals surface area (Å²) in [5.74, 6) is -0.168. The van der Waals surface area contributed by atoms with E-state index >= 15 is 0 Å². The molecular weight excluding hydrogens is 318 g/mol. The van der Waals surface area contributed by atoms with E-state index in [0.29, 0.717) is 5.69 Å². The van der Waals surface area contributed by atoms with Gasteiger partial charge in [0, 0.05) is 11.4 Å². The second-order valence-corrected chi connectivity index (χ2v) is 6.35. The number of hydrogen-bond acceptors (Lipinski definition) is 3. The van der Waals surface area contributed by atoms with Gasteiger partial charge in [0.1, 0.15) is 5.69 Å². The van der Waals surface area contributed by atoms with Crippen molar-refractivity contribution in [1.29, 1.82) is 0 Å². The number of benzene rings is 2. The monoisotopic (exact) mass is 337 g/mol. The van der Waals surface area contributed by atoms with Gasteiger partial charge in [0.25, 0.3) is 5.91 Å². The number of rotatable bonds is 4. The topological polar surface area (TPSA) is 46.9 Å². The van der Waals surface area contributed by atoms with Gasteiger partial charge < -0.3 is 5.32 Å². The summed E-state index contributed by atoms with van der Waals surface area (Å²) in [6, 6.07) is 15.8. The predicted molar refractivity (Wildman–Crippen MR) is 99.2 cm³/mol. The first-order valence-corrected chi connectivity index (χ1v) is 8.88. The van der Waals surface area contributed by atoms with Gasteiger partial charge >= 0.3 is 0 Å². The van der Waals surface area contributed by atoms with Crippen molar-refractivity contribution in [1.82, 2.24) is 9.55 Å². The lowest BCUT2D eigenvalue weighted by Crippen LogP contribution is -2.17. The van der Waals surface area contributed by atoms with Crippen molar-refractivity contribution in [2.75, 3.05) is 11.6 Å². The number of aryl methyl sites for hydroxylation is 2. The first-order chi connectivity index (χ1) is 11.6. The van der Waals surface area contributed by atoms with Crippen LogP contribution in [0, 0.1) is 13.8 Å². The average molecular weight is 337 g/mol. The molecule has 4 nitrogen and oxygen atoms in total. The van der Waals surface area contributed by atoms with Crippen molar-refractivity contribution in [3.63, 3.8) is 0 Å². The van der Waals surface area contributed by atoms with Gasteiger partial charge in [0.05, 0.1) is 6.20 Å². The molecule has 0 aliphatic rings. The Labute approximate surface area is 145 Å². The summed E-state index contributed by atoms with van der Waals surface area (Å²) < 4.78 is 1.88. The Bertz CT molecular complexity index is 872. The second-order valence-electron chi connectivity index (χ2n) is 5.57. The normalized spacial score (nSPS) is 10.6. The number of carbonyl (C=O) groups excluding carboxylic acids is 1. The molecule has 0 saturated heterocycles. The van der Waals surface area contributed by atoms with E-state index < -0.39 is 0 Å². The maximum atomic E-state index is 12.8. The molecule has 1 aromatic heterocycles. The highest BCUT2D eigenvalue weighted by molar-refractivity contribution is 7.98. The van der Waals surface area contributed by atoms with E-state index in [4.69, 9.17) is 0 Å². The lowest BCUT2D eigenvalue weighted by Gasteiger charge is -2.12. The van der Waals surface area contributed by atoms with Gasteiger partial charge in [-0.15, -0.1) is 0 Å². The van der Waals surface area contributed by atoms with Crippen LogP contribution in [-0.4, -0.2) is 21.7 Å².